The van der Waals surface area contributed by atoms with E-state index in [-0.39, 0.29) is 6.04 Å². The highest BCUT2D eigenvalue weighted by Gasteiger charge is 2.08. The molecule has 2 aromatic carbocycles. The van der Waals surface area contributed by atoms with Crippen molar-refractivity contribution in [3.05, 3.63) is 63.6 Å². The largest absolute Gasteiger partial charge is 0.492 e. The maximum atomic E-state index is 6.08. The summed E-state index contributed by atoms with van der Waals surface area (Å²) in [6.45, 7) is 2.35. The molecule has 0 saturated carbocycles. The number of halogens is 2. The second-order valence-corrected chi connectivity index (χ2v) is 5.22. The van der Waals surface area contributed by atoms with Crippen molar-refractivity contribution in [2.24, 2.45) is 5.73 Å². The van der Waals surface area contributed by atoms with E-state index in [0.717, 1.165) is 21.9 Å². The lowest BCUT2D eigenvalue weighted by atomic mass is 10.1. The van der Waals surface area contributed by atoms with E-state index >= 15 is 0 Å². The lowest BCUT2D eigenvalue weighted by Gasteiger charge is -2.14. The standard InChI is InChI=1S/C15H15Cl2NO/c1-10-2-3-11(8-14(10)17)15(18)9-19-13-6-4-12(16)5-7-13/h2-8,15H,9,18H2,1H3. The van der Waals surface area contributed by atoms with Crippen LogP contribution in [-0.4, -0.2) is 6.61 Å². The molecule has 1 unspecified atom stereocenters. The lowest BCUT2D eigenvalue weighted by Crippen LogP contribution is -2.19. The molecule has 0 aromatic heterocycles. The van der Waals surface area contributed by atoms with Crippen LogP contribution in [0.15, 0.2) is 42.5 Å². The fourth-order valence-corrected chi connectivity index (χ4v) is 1.97. The summed E-state index contributed by atoms with van der Waals surface area (Å²) in [6, 6.07) is 12.8. The molecule has 4 heteroatoms. The fraction of sp³-hybridized carbons (Fsp3) is 0.200. The maximum Gasteiger partial charge on any atom is 0.119 e. The molecule has 2 N–H and O–H groups in total. The highest BCUT2D eigenvalue weighted by molar-refractivity contribution is 6.31. The molecule has 2 aromatic rings. The second kappa shape index (κ2) is 6.29. The molecule has 0 bridgehead atoms. The molecule has 19 heavy (non-hydrogen) atoms. The van der Waals surface area contributed by atoms with E-state index in [1.54, 1.807) is 12.1 Å². The molecule has 2 nitrogen and oxygen atoms in total. The third-order valence-corrected chi connectivity index (χ3v) is 3.53. The summed E-state index contributed by atoms with van der Waals surface area (Å²) in [4.78, 5) is 0. The van der Waals surface area contributed by atoms with Crippen molar-refractivity contribution in [3.8, 4) is 5.75 Å². The van der Waals surface area contributed by atoms with Gasteiger partial charge in [-0.2, -0.15) is 0 Å². The summed E-state index contributed by atoms with van der Waals surface area (Å²) in [5.41, 5.74) is 8.08. The minimum atomic E-state index is -0.214. The maximum absolute atomic E-state index is 6.08. The Balaban J connectivity index is 1.98. The van der Waals surface area contributed by atoms with E-state index in [1.165, 1.54) is 0 Å². The van der Waals surface area contributed by atoms with Crippen LogP contribution in [0.5, 0.6) is 5.75 Å². The van der Waals surface area contributed by atoms with Crippen molar-refractivity contribution in [2.75, 3.05) is 6.61 Å². The molecule has 0 heterocycles. The van der Waals surface area contributed by atoms with Crippen molar-refractivity contribution in [1.29, 1.82) is 0 Å². The van der Waals surface area contributed by atoms with E-state index in [2.05, 4.69) is 0 Å². The van der Waals surface area contributed by atoms with Gasteiger partial charge in [0.05, 0.1) is 6.04 Å². The van der Waals surface area contributed by atoms with Crippen molar-refractivity contribution in [2.45, 2.75) is 13.0 Å². The summed E-state index contributed by atoms with van der Waals surface area (Å²) >= 11 is 11.9. The Morgan fingerprint density at radius 2 is 1.79 bits per heavy atom. The molecule has 0 saturated heterocycles. The monoisotopic (exact) mass is 295 g/mol. The van der Waals surface area contributed by atoms with Crippen LogP contribution < -0.4 is 10.5 Å². The first kappa shape index (κ1) is 14.2. The van der Waals surface area contributed by atoms with Crippen LogP contribution in [0.3, 0.4) is 0 Å². The van der Waals surface area contributed by atoms with Crippen LogP contribution in [0, 0.1) is 6.92 Å². The predicted octanol–water partition coefficient (Wildman–Crippen LogP) is 4.38. The average molecular weight is 296 g/mol. The van der Waals surface area contributed by atoms with Crippen LogP contribution >= 0.6 is 23.2 Å². The van der Waals surface area contributed by atoms with Gasteiger partial charge in [-0.05, 0) is 48.4 Å². The average Bonchev–Trinajstić information content (AvgIpc) is 2.41. The van der Waals surface area contributed by atoms with E-state index in [4.69, 9.17) is 33.7 Å². The Morgan fingerprint density at radius 3 is 2.42 bits per heavy atom. The van der Waals surface area contributed by atoms with Gasteiger partial charge in [0.1, 0.15) is 12.4 Å². The van der Waals surface area contributed by atoms with Gasteiger partial charge < -0.3 is 10.5 Å². The van der Waals surface area contributed by atoms with Gasteiger partial charge >= 0.3 is 0 Å². The zero-order valence-electron chi connectivity index (χ0n) is 10.6. The molecule has 0 spiro atoms. The van der Waals surface area contributed by atoms with E-state index < -0.39 is 0 Å². The summed E-state index contributed by atoms with van der Waals surface area (Å²) in [5.74, 6) is 0.748. The van der Waals surface area contributed by atoms with Crippen molar-refractivity contribution >= 4 is 23.2 Å². The zero-order valence-corrected chi connectivity index (χ0v) is 12.1. The van der Waals surface area contributed by atoms with Crippen LogP contribution in [-0.2, 0) is 0 Å². The smallest absolute Gasteiger partial charge is 0.119 e. The highest BCUT2D eigenvalue weighted by atomic mass is 35.5. The lowest BCUT2D eigenvalue weighted by molar-refractivity contribution is 0.290. The molecule has 100 valence electrons. The second-order valence-electron chi connectivity index (χ2n) is 4.38. The molecule has 2 rings (SSSR count). The van der Waals surface area contributed by atoms with Gasteiger partial charge in [0.25, 0.3) is 0 Å². The SMILES string of the molecule is Cc1ccc(C(N)COc2ccc(Cl)cc2)cc1Cl. The normalized spacial score (nSPS) is 12.2. The number of nitrogens with two attached hydrogens (primary N) is 1. The summed E-state index contributed by atoms with van der Waals surface area (Å²) in [6.07, 6.45) is 0. The summed E-state index contributed by atoms with van der Waals surface area (Å²) < 4.78 is 5.62. The van der Waals surface area contributed by atoms with Crippen LogP contribution in [0.4, 0.5) is 0 Å². The van der Waals surface area contributed by atoms with Gasteiger partial charge in [-0.3, -0.25) is 0 Å². The number of hydrogen-bond acceptors (Lipinski definition) is 2. The quantitative estimate of drug-likeness (QED) is 0.908. The Kier molecular flexibility index (Phi) is 4.70. The molecular formula is C15H15Cl2NO. The molecule has 0 amide bonds. The molecular weight excluding hydrogens is 281 g/mol. The Labute approximate surface area is 123 Å². The fourth-order valence-electron chi connectivity index (χ4n) is 1.65. The van der Waals surface area contributed by atoms with Crippen molar-refractivity contribution in [1.82, 2.24) is 0 Å². The Bertz CT molecular complexity index is 555. The predicted molar refractivity (Wildman–Crippen MR) is 80.1 cm³/mol. The number of hydrogen-bond donors (Lipinski definition) is 1. The summed E-state index contributed by atoms with van der Waals surface area (Å²) in [5, 5.41) is 1.40. The minimum Gasteiger partial charge on any atom is -0.492 e. The minimum absolute atomic E-state index is 0.214. The van der Waals surface area contributed by atoms with Crippen molar-refractivity contribution in [3.63, 3.8) is 0 Å². The van der Waals surface area contributed by atoms with Crippen LogP contribution in [0.1, 0.15) is 17.2 Å². The van der Waals surface area contributed by atoms with Gasteiger partial charge in [0, 0.05) is 10.0 Å². The topological polar surface area (TPSA) is 35.2 Å². The Hall–Kier alpha value is -1.22. The van der Waals surface area contributed by atoms with Gasteiger partial charge in [-0.25, -0.2) is 0 Å². The summed E-state index contributed by atoms with van der Waals surface area (Å²) in [7, 11) is 0. The molecule has 0 aliphatic carbocycles. The zero-order chi connectivity index (χ0) is 13.8. The number of benzene rings is 2. The number of ether oxygens (including phenoxy) is 1. The highest BCUT2D eigenvalue weighted by Crippen LogP contribution is 2.21. The van der Waals surface area contributed by atoms with Gasteiger partial charge in [0.2, 0.25) is 0 Å². The molecule has 1 atom stereocenters. The van der Waals surface area contributed by atoms with E-state index in [9.17, 15) is 0 Å². The first-order valence-electron chi connectivity index (χ1n) is 5.96. The van der Waals surface area contributed by atoms with Crippen LogP contribution in [0.25, 0.3) is 0 Å². The number of aryl methyl sites for hydroxylation is 1. The van der Waals surface area contributed by atoms with E-state index in [0.29, 0.717) is 11.6 Å². The Morgan fingerprint density at radius 1 is 1.11 bits per heavy atom. The molecule has 0 aliphatic rings. The first-order chi connectivity index (χ1) is 9.06. The van der Waals surface area contributed by atoms with Gasteiger partial charge in [-0.1, -0.05) is 35.3 Å². The third-order valence-electron chi connectivity index (χ3n) is 2.87. The molecule has 0 fully saturated rings. The van der Waals surface area contributed by atoms with E-state index in [1.807, 2.05) is 37.3 Å². The van der Waals surface area contributed by atoms with Gasteiger partial charge in [0.15, 0.2) is 0 Å². The first-order valence-corrected chi connectivity index (χ1v) is 6.72. The van der Waals surface area contributed by atoms with Gasteiger partial charge in [-0.15, -0.1) is 0 Å². The third kappa shape index (κ3) is 3.87. The van der Waals surface area contributed by atoms with Crippen molar-refractivity contribution < 1.29 is 4.74 Å². The molecule has 0 aliphatic heterocycles. The molecule has 0 radical (unpaired) electrons. The van der Waals surface area contributed by atoms with Crippen LogP contribution in [0.2, 0.25) is 10.0 Å². The number of rotatable bonds is 4.